The number of nitro groups is 1. The molecule has 3 N–H and O–H groups in total. The molecule has 0 radical (unpaired) electrons. The van der Waals surface area contributed by atoms with Crippen molar-refractivity contribution in [2.45, 2.75) is 11.8 Å². The van der Waals surface area contributed by atoms with E-state index in [0.717, 1.165) is 23.3 Å². The van der Waals surface area contributed by atoms with Gasteiger partial charge in [0.2, 0.25) is 0 Å². The molecule has 0 aliphatic heterocycles. The number of aromatic nitrogens is 2. The molecule has 168 valence electrons. The average molecular weight is 467 g/mol. The number of hydrogen-bond donors (Lipinski definition) is 3. The molecule has 1 aromatic heterocycles. The van der Waals surface area contributed by atoms with Crippen LogP contribution in [0.15, 0.2) is 77.7 Å². The number of halogens is 1. The summed E-state index contributed by atoms with van der Waals surface area (Å²) in [6.45, 7) is 1.81. The molecule has 0 aliphatic rings. The fourth-order valence-electron chi connectivity index (χ4n) is 3.13. The summed E-state index contributed by atoms with van der Waals surface area (Å²) in [6, 6.07) is 17.4. The molecule has 0 saturated heterocycles. The van der Waals surface area contributed by atoms with Gasteiger partial charge in [-0.3, -0.25) is 19.9 Å². The smallest absolute Gasteiger partial charge is 0.269 e. The van der Waals surface area contributed by atoms with E-state index in [1.165, 1.54) is 24.3 Å². The summed E-state index contributed by atoms with van der Waals surface area (Å²) in [5.74, 6) is 0.00131. The molecule has 3 aromatic carbocycles. The fraction of sp³-hybridized carbons (Fsp3) is 0.0455. The van der Waals surface area contributed by atoms with Crippen molar-refractivity contribution < 1.29 is 17.7 Å². The van der Waals surface area contributed by atoms with Crippen molar-refractivity contribution in [1.82, 2.24) is 10.2 Å². The summed E-state index contributed by atoms with van der Waals surface area (Å²) in [7, 11) is -3.85. The third kappa shape index (κ3) is 4.99. The highest BCUT2D eigenvalue weighted by molar-refractivity contribution is 7.92. The van der Waals surface area contributed by atoms with Crippen molar-refractivity contribution in [2.75, 3.05) is 10.0 Å². The Morgan fingerprint density at radius 2 is 1.70 bits per heavy atom. The van der Waals surface area contributed by atoms with Crippen molar-refractivity contribution in [3.05, 3.63) is 94.3 Å². The number of anilines is 3. The van der Waals surface area contributed by atoms with Crippen LogP contribution in [0.1, 0.15) is 5.56 Å². The van der Waals surface area contributed by atoms with Gasteiger partial charge in [-0.25, -0.2) is 12.8 Å². The van der Waals surface area contributed by atoms with E-state index >= 15 is 0 Å². The highest BCUT2D eigenvalue weighted by Gasteiger charge is 2.15. The number of aromatic amines is 1. The van der Waals surface area contributed by atoms with Crippen LogP contribution in [0.3, 0.4) is 0 Å². The van der Waals surface area contributed by atoms with E-state index in [1.54, 1.807) is 36.4 Å². The van der Waals surface area contributed by atoms with Gasteiger partial charge < -0.3 is 5.32 Å². The lowest BCUT2D eigenvalue weighted by Gasteiger charge is -2.12. The van der Waals surface area contributed by atoms with Gasteiger partial charge >= 0.3 is 0 Å². The molecule has 0 aliphatic carbocycles. The van der Waals surface area contributed by atoms with E-state index in [4.69, 9.17) is 0 Å². The zero-order valence-corrected chi connectivity index (χ0v) is 18.1. The maximum Gasteiger partial charge on any atom is 0.269 e. The third-order valence-corrected chi connectivity index (χ3v) is 6.23. The van der Waals surface area contributed by atoms with E-state index in [9.17, 15) is 22.9 Å². The second-order valence-electron chi connectivity index (χ2n) is 7.18. The number of sulfonamides is 1. The van der Waals surface area contributed by atoms with Crippen molar-refractivity contribution in [1.29, 1.82) is 0 Å². The SMILES string of the molecule is Cc1cc(NS(=O)(=O)c2ccc(F)cc2)ccc1Nc1cc(-c2ccc([N+](=O)[O-])cc2)[nH]n1. The molecule has 0 saturated carbocycles. The largest absolute Gasteiger partial charge is 0.339 e. The van der Waals surface area contributed by atoms with Crippen LogP contribution in [-0.2, 0) is 10.0 Å². The first kappa shape index (κ1) is 22.0. The van der Waals surface area contributed by atoms with E-state index in [1.807, 2.05) is 6.92 Å². The standard InChI is InChI=1S/C22H18FN5O4S/c1-14-12-17(27-33(31,32)19-9-4-16(23)5-10-19)6-11-20(14)24-22-13-21(25-26-22)15-2-7-18(8-3-15)28(29)30/h2-13,27H,1H3,(H2,24,25,26). The normalized spacial score (nSPS) is 11.2. The molecule has 0 fully saturated rings. The van der Waals surface area contributed by atoms with Crippen molar-refractivity contribution in [2.24, 2.45) is 0 Å². The molecular weight excluding hydrogens is 449 g/mol. The highest BCUT2D eigenvalue weighted by Crippen LogP contribution is 2.27. The molecule has 1 heterocycles. The number of nitrogens with one attached hydrogen (secondary N) is 3. The quantitative estimate of drug-likeness (QED) is 0.260. The van der Waals surface area contributed by atoms with E-state index < -0.39 is 20.8 Å². The van der Waals surface area contributed by atoms with Crippen LogP contribution >= 0.6 is 0 Å². The van der Waals surface area contributed by atoms with Gasteiger partial charge in [0.1, 0.15) is 5.82 Å². The lowest BCUT2D eigenvalue weighted by molar-refractivity contribution is -0.384. The Bertz CT molecular complexity index is 1420. The maximum absolute atomic E-state index is 13.1. The topological polar surface area (TPSA) is 130 Å². The average Bonchev–Trinajstić information content (AvgIpc) is 3.24. The summed E-state index contributed by atoms with van der Waals surface area (Å²) in [4.78, 5) is 10.3. The van der Waals surface area contributed by atoms with Gasteiger partial charge in [0, 0.05) is 35.1 Å². The predicted molar refractivity (Wildman–Crippen MR) is 122 cm³/mol. The predicted octanol–water partition coefficient (Wildman–Crippen LogP) is 4.98. The van der Waals surface area contributed by atoms with Crippen LogP contribution in [0, 0.1) is 22.9 Å². The Morgan fingerprint density at radius 3 is 2.33 bits per heavy atom. The Balaban J connectivity index is 1.48. The van der Waals surface area contributed by atoms with Gasteiger partial charge in [0.15, 0.2) is 5.82 Å². The third-order valence-electron chi connectivity index (χ3n) is 4.83. The Labute approximate surface area is 188 Å². The molecule has 9 nitrogen and oxygen atoms in total. The minimum Gasteiger partial charge on any atom is -0.339 e. The molecule has 0 atom stereocenters. The molecule has 0 bridgehead atoms. The molecule has 4 aromatic rings. The summed E-state index contributed by atoms with van der Waals surface area (Å²) in [5, 5.41) is 21.0. The molecule has 0 spiro atoms. The number of benzene rings is 3. The first-order chi connectivity index (χ1) is 15.7. The van der Waals surface area contributed by atoms with Gasteiger partial charge in [-0.15, -0.1) is 0 Å². The number of aryl methyl sites for hydroxylation is 1. The van der Waals surface area contributed by atoms with Crippen molar-refractivity contribution >= 4 is 32.9 Å². The Morgan fingerprint density at radius 1 is 1.00 bits per heavy atom. The highest BCUT2D eigenvalue weighted by atomic mass is 32.2. The van der Waals surface area contributed by atoms with Crippen LogP contribution in [0.25, 0.3) is 11.3 Å². The second kappa shape index (κ2) is 8.71. The lowest BCUT2D eigenvalue weighted by atomic mass is 10.1. The molecule has 11 heteroatoms. The Hall–Kier alpha value is -4.25. The van der Waals surface area contributed by atoms with Gasteiger partial charge in [0.05, 0.1) is 15.5 Å². The number of H-pyrrole nitrogens is 1. The Kier molecular flexibility index (Phi) is 5.80. The number of rotatable bonds is 7. The lowest BCUT2D eigenvalue weighted by Crippen LogP contribution is -2.13. The summed E-state index contributed by atoms with van der Waals surface area (Å²) in [6.07, 6.45) is 0. The van der Waals surface area contributed by atoms with Crippen LogP contribution in [0.4, 0.5) is 27.3 Å². The van der Waals surface area contributed by atoms with Crippen LogP contribution in [-0.4, -0.2) is 23.5 Å². The number of nitro benzene ring substituents is 1. The van der Waals surface area contributed by atoms with Gasteiger partial charge in [0.25, 0.3) is 15.7 Å². The number of non-ortho nitro benzene ring substituents is 1. The molecular formula is C22H18FN5O4S. The first-order valence-electron chi connectivity index (χ1n) is 9.67. The monoisotopic (exact) mass is 467 g/mol. The van der Waals surface area contributed by atoms with E-state index in [0.29, 0.717) is 22.9 Å². The van der Waals surface area contributed by atoms with Crippen LogP contribution in [0.2, 0.25) is 0 Å². The van der Waals surface area contributed by atoms with Crippen LogP contribution in [0.5, 0.6) is 0 Å². The molecule has 4 rings (SSSR count). The first-order valence-corrected chi connectivity index (χ1v) is 11.2. The van der Waals surface area contributed by atoms with E-state index in [2.05, 4.69) is 20.2 Å². The molecule has 0 unspecified atom stereocenters. The number of hydrogen-bond acceptors (Lipinski definition) is 6. The van der Waals surface area contributed by atoms with Crippen molar-refractivity contribution in [3.8, 4) is 11.3 Å². The summed E-state index contributed by atoms with van der Waals surface area (Å²) in [5.41, 5.74) is 3.24. The maximum atomic E-state index is 13.1. The van der Waals surface area contributed by atoms with Gasteiger partial charge in [-0.1, -0.05) is 0 Å². The summed E-state index contributed by atoms with van der Waals surface area (Å²) >= 11 is 0. The van der Waals surface area contributed by atoms with Crippen molar-refractivity contribution in [3.63, 3.8) is 0 Å². The van der Waals surface area contributed by atoms with E-state index in [-0.39, 0.29) is 10.6 Å². The number of nitrogens with zero attached hydrogens (tertiary/aromatic N) is 2. The molecule has 0 amide bonds. The van der Waals surface area contributed by atoms with Gasteiger partial charge in [-0.2, -0.15) is 5.10 Å². The minimum atomic E-state index is -3.85. The molecule has 33 heavy (non-hydrogen) atoms. The minimum absolute atomic E-state index is 0.00220. The van der Waals surface area contributed by atoms with Crippen LogP contribution < -0.4 is 10.0 Å². The zero-order chi connectivity index (χ0) is 23.6. The zero-order valence-electron chi connectivity index (χ0n) is 17.2. The second-order valence-corrected chi connectivity index (χ2v) is 8.87. The van der Waals surface area contributed by atoms with Gasteiger partial charge in [-0.05, 0) is 67.1 Å². The summed E-state index contributed by atoms with van der Waals surface area (Å²) < 4.78 is 40.5. The fourth-order valence-corrected chi connectivity index (χ4v) is 4.18.